The minimum absolute atomic E-state index is 0.666. The normalized spacial score (nSPS) is 17.7. The molecule has 0 radical (unpaired) electrons. The van der Waals surface area contributed by atoms with Crippen LogP contribution in [0.5, 0.6) is 5.88 Å². The van der Waals surface area contributed by atoms with Crippen molar-refractivity contribution in [3.63, 3.8) is 0 Å². The van der Waals surface area contributed by atoms with Gasteiger partial charge in [-0.15, -0.1) is 0 Å². The van der Waals surface area contributed by atoms with Crippen LogP contribution < -0.4 is 10.1 Å². The SMILES string of the molecule is COc1cc(NCCC2CCN(C)CC2)ccn1. The summed E-state index contributed by atoms with van der Waals surface area (Å²) in [6.07, 6.45) is 5.69. The Morgan fingerprint density at radius 1 is 1.44 bits per heavy atom. The molecule has 1 aromatic rings. The number of aromatic nitrogens is 1. The highest BCUT2D eigenvalue weighted by Gasteiger charge is 2.15. The van der Waals surface area contributed by atoms with E-state index in [1.807, 2.05) is 12.1 Å². The molecule has 0 spiro atoms. The van der Waals surface area contributed by atoms with Gasteiger partial charge in [-0.05, 0) is 51.4 Å². The van der Waals surface area contributed by atoms with Gasteiger partial charge in [-0.25, -0.2) is 4.98 Å². The van der Waals surface area contributed by atoms with Crippen LogP contribution in [-0.2, 0) is 0 Å². The molecule has 18 heavy (non-hydrogen) atoms. The number of hydrogen-bond donors (Lipinski definition) is 1. The third kappa shape index (κ3) is 3.88. The third-order valence-electron chi connectivity index (χ3n) is 3.66. The van der Waals surface area contributed by atoms with Gasteiger partial charge >= 0.3 is 0 Å². The van der Waals surface area contributed by atoms with Gasteiger partial charge in [0, 0.05) is 24.5 Å². The van der Waals surface area contributed by atoms with E-state index in [1.165, 1.54) is 32.4 Å². The van der Waals surface area contributed by atoms with E-state index in [-0.39, 0.29) is 0 Å². The molecule has 1 aromatic heterocycles. The number of likely N-dealkylation sites (tertiary alicyclic amines) is 1. The first-order valence-electron chi connectivity index (χ1n) is 6.70. The zero-order valence-electron chi connectivity index (χ0n) is 11.4. The quantitative estimate of drug-likeness (QED) is 0.868. The number of nitrogens with one attached hydrogen (secondary N) is 1. The Morgan fingerprint density at radius 2 is 2.22 bits per heavy atom. The van der Waals surface area contributed by atoms with Gasteiger partial charge in [-0.3, -0.25) is 0 Å². The van der Waals surface area contributed by atoms with Crippen molar-refractivity contribution in [3.05, 3.63) is 18.3 Å². The number of anilines is 1. The first-order valence-corrected chi connectivity index (χ1v) is 6.70. The zero-order chi connectivity index (χ0) is 12.8. The van der Waals surface area contributed by atoms with Crippen LogP contribution in [0.25, 0.3) is 0 Å². The number of piperidine rings is 1. The summed E-state index contributed by atoms with van der Waals surface area (Å²) in [6.45, 7) is 3.52. The van der Waals surface area contributed by atoms with Crippen LogP contribution >= 0.6 is 0 Å². The summed E-state index contributed by atoms with van der Waals surface area (Å²) in [5, 5.41) is 3.44. The molecule has 0 amide bonds. The van der Waals surface area contributed by atoms with Gasteiger partial charge in [-0.2, -0.15) is 0 Å². The molecule has 100 valence electrons. The molecular weight excluding hydrogens is 226 g/mol. The summed E-state index contributed by atoms with van der Waals surface area (Å²) in [7, 11) is 3.85. The van der Waals surface area contributed by atoms with Crippen LogP contribution in [0.2, 0.25) is 0 Å². The summed E-state index contributed by atoms with van der Waals surface area (Å²) >= 11 is 0. The summed E-state index contributed by atoms with van der Waals surface area (Å²) in [5.41, 5.74) is 1.09. The van der Waals surface area contributed by atoms with Crippen molar-refractivity contribution >= 4 is 5.69 Å². The molecule has 1 saturated heterocycles. The van der Waals surface area contributed by atoms with Crippen molar-refractivity contribution in [2.24, 2.45) is 5.92 Å². The molecule has 0 atom stereocenters. The molecule has 0 aliphatic carbocycles. The predicted molar refractivity (Wildman–Crippen MR) is 74.1 cm³/mol. The van der Waals surface area contributed by atoms with E-state index in [9.17, 15) is 0 Å². The van der Waals surface area contributed by atoms with Crippen LogP contribution in [-0.4, -0.2) is 43.7 Å². The second-order valence-electron chi connectivity index (χ2n) is 5.05. The maximum absolute atomic E-state index is 5.11. The van der Waals surface area contributed by atoms with E-state index in [4.69, 9.17) is 4.74 Å². The molecule has 2 rings (SSSR count). The lowest BCUT2D eigenvalue weighted by molar-refractivity contribution is 0.215. The number of hydrogen-bond acceptors (Lipinski definition) is 4. The molecule has 0 aromatic carbocycles. The Morgan fingerprint density at radius 3 is 2.94 bits per heavy atom. The van der Waals surface area contributed by atoms with Crippen molar-refractivity contribution in [2.45, 2.75) is 19.3 Å². The first kappa shape index (κ1) is 13.1. The molecule has 1 aliphatic rings. The standard InChI is InChI=1S/C14H23N3O/c1-17-9-5-12(6-10-17)3-7-15-13-4-8-16-14(11-13)18-2/h4,8,11-12H,3,5-7,9-10H2,1-2H3,(H,15,16). The summed E-state index contributed by atoms with van der Waals surface area (Å²) in [6, 6.07) is 3.92. The van der Waals surface area contributed by atoms with Gasteiger partial charge in [0.2, 0.25) is 5.88 Å². The first-order chi connectivity index (χ1) is 8.78. The van der Waals surface area contributed by atoms with Crippen LogP contribution in [0, 0.1) is 5.92 Å². The molecular formula is C14H23N3O. The molecule has 1 fully saturated rings. The van der Waals surface area contributed by atoms with Crippen LogP contribution in [0.1, 0.15) is 19.3 Å². The summed E-state index contributed by atoms with van der Waals surface area (Å²) < 4.78 is 5.11. The van der Waals surface area contributed by atoms with Gasteiger partial charge in [-0.1, -0.05) is 0 Å². The van der Waals surface area contributed by atoms with Crippen LogP contribution in [0.15, 0.2) is 18.3 Å². The van der Waals surface area contributed by atoms with E-state index in [0.29, 0.717) is 5.88 Å². The van der Waals surface area contributed by atoms with Crippen molar-refractivity contribution in [1.29, 1.82) is 0 Å². The minimum Gasteiger partial charge on any atom is -0.481 e. The lowest BCUT2D eigenvalue weighted by Gasteiger charge is -2.28. The van der Waals surface area contributed by atoms with Crippen molar-refractivity contribution in [1.82, 2.24) is 9.88 Å². The monoisotopic (exact) mass is 249 g/mol. The molecule has 0 unspecified atom stereocenters. The van der Waals surface area contributed by atoms with E-state index >= 15 is 0 Å². The predicted octanol–water partition coefficient (Wildman–Crippen LogP) is 2.23. The van der Waals surface area contributed by atoms with Crippen molar-refractivity contribution in [2.75, 3.05) is 39.1 Å². The number of ether oxygens (including phenoxy) is 1. The Balaban J connectivity index is 1.71. The smallest absolute Gasteiger partial charge is 0.214 e. The number of methoxy groups -OCH3 is 1. The highest BCUT2D eigenvalue weighted by atomic mass is 16.5. The Kier molecular flexibility index (Phi) is 4.81. The average molecular weight is 249 g/mol. The molecule has 0 bridgehead atoms. The largest absolute Gasteiger partial charge is 0.481 e. The molecule has 4 nitrogen and oxygen atoms in total. The van der Waals surface area contributed by atoms with Crippen molar-refractivity contribution < 1.29 is 4.74 Å². The minimum atomic E-state index is 0.666. The third-order valence-corrected chi connectivity index (χ3v) is 3.66. The maximum atomic E-state index is 5.11. The van der Waals surface area contributed by atoms with Gasteiger partial charge in [0.25, 0.3) is 0 Å². The Labute approximate surface area is 109 Å². The lowest BCUT2D eigenvalue weighted by atomic mass is 9.94. The Bertz CT molecular complexity index is 362. The molecule has 0 saturated carbocycles. The topological polar surface area (TPSA) is 37.4 Å². The van der Waals surface area contributed by atoms with Gasteiger partial charge in [0.15, 0.2) is 0 Å². The average Bonchev–Trinajstić information content (AvgIpc) is 2.41. The molecule has 4 heteroatoms. The second kappa shape index (κ2) is 6.59. The fourth-order valence-electron chi connectivity index (χ4n) is 2.40. The highest BCUT2D eigenvalue weighted by molar-refractivity contribution is 5.44. The molecule has 1 aliphatic heterocycles. The van der Waals surface area contributed by atoms with Gasteiger partial charge < -0.3 is 15.0 Å². The number of nitrogens with zero attached hydrogens (tertiary/aromatic N) is 2. The van der Waals surface area contributed by atoms with Gasteiger partial charge in [0.1, 0.15) is 0 Å². The fourth-order valence-corrected chi connectivity index (χ4v) is 2.40. The van der Waals surface area contributed by atoms with E-state index in [1.54, 1.807) is 13.3 Å². The summed E-state index contributed by atoms with van der Waals surface area (Å²) in [5.74, 6) is 1.54. The van der Waals surface area contributed by atoms with Crippen LogP contribution in [0.3, 0.4) is 0 Å². The van der Waals surface area contributed by atoms with E-state index < -0.39 is 0 Å². The number of pyridine rings is 1. The zero-order valence-corrected chi connectivity index (χ0v) is 11.4. The second-order valence-corrected chi connectivity index (χ2v) is 5.05. The van der Waals surface area contributed by atoms with Crippen molar-refractivity contribution in [3.8, 4) is 5.88 Å². The lowest BCUT2D eigenvalue weighted by Crippen LogP contribution is -2.30. The van der Waals surface area contributed by atoms with Gasteiger partial charge in [0.05, 0.1) is 7.11 Å². The van der Waals surface area contributed by atoms with E-state index in [2.05, 4.69) is 22.2 Å². The summed E-state index contributed by atoms with van der Waals surface area (Å²) in [4.78, 5) is 6.51. The Hall–Kier alpha value is -1.29. The fraction of sp³-hybridized carbons (Fsp3) is 0.643. The highest BCUT2D eigenvalue weighted by Crippen LogP contribution is 2.20. The maximum Gasteiger partial charge on any atom is 0.214 e. The number of rotatable bonds is 5. The molecule has 1 N–H and O–H groups in total. The van der Waals surface area contributed by atoms with Crippen LogP contribution in [0.4, 0.5) is 5.69 Å². The molecule has 2 heterocycles. The van der Waals surface area contributed by atoms with E-state index in [0.717, 1.165) is 18.2 Å².